The first-order valence-corrected chi connectivity index (χ1v) is 11.1. The summed E-state index contributed by atoms with van der Waals surface area (Å²) < 4.78 is 28.0. The summed E-state index contributed by atoms with van der Waals surface area (Å²) in [6, 6.07) is 14.8. The monoisotopic (exact) mass is 413 g/mol. The fourth-order valence-electron chi connectivity index (χ4n) is 4.22. The lowest BCUT2D eigenvalue weighted by Crippen LogP contribution is -2.48. The van der Waals surface area contributed by atoms with Gasteiger partial charge in [0.2, 0.25) is 10.0 Å². The molecule has 1 saturated carbocycles. The van der Waals surface area contributed by atoms with Gasteiger partial charge in [-0.3, -0.25) is 4.79 Å². The molecule has 1 aliphatic carbocycles. The number of Topliss-reactive ketones (excluding diaryl/α,β-unsaturated/α-hetero) is 1. The van der Waals surface area contributed by atoms with Crippen LogP contribution in [0.25, 0.3) is 0 Å². The van der Waals surface area contributed by atoms with Crippen LogP contribution in [-0.4, -0.2) is 43.8 Å². The minimum absolute atomic E-state index is 0.000497. The molecular formula is C21H23N3O4S. The lowest BCUT2D eigenvalue weighted by Gasteiger charge is -2.31. The molecule has 2 fully saturated rings. The van der Waals surface area contributed by atoms with E-state index in [9.17, 15) is 18.0 Å². The molecule has 0 aromatic heterocycles. The number of urea groups is 1. The molecule has 2 amide bonds. The van der Waals surface area contributed by atoms with E-state index in [1.807, 2.05) is 0 Å². The van der Waals surface area contributed by atoms with Crippen LogP contribution in [0, 0.1) is 5.92 Å². The third-order valence-corrected chi connectivity index (χ3v) is 7.19. The number of fused-ring (bicyclic) bond motifs is 2. The fraction of sp³-hybridized carbons (Fsp3) is 0.333. The minimum Gasteiger partial charge on any atom is -0.321 e. The first-order chi connectivity index (χ1) is 13.8. The number of piperidine rings is 1. The second kappa shape index (κ2) is 7.61. The molecule has 1 heterocycles. The number of carbonyl (C=O) groups excluding carboxylic acids is 2. The van der Waals surface area contributed by atoms with Gasteiger partial charge in [-0.25, -0.2) is 17.9 Å². The van der Waals surface area contributed by atoms with Gasteiger partial charge in [0.15, 0.2) is 5.78 Å². The standard InChI is InChI=1S/C21H23N3O4S/c1-14(25)15-6-5-7-17(10-15)22-21(26)24-13-16-11-18(24)12-20(16)23-29(27,28)19-8-3-2-4-9-19/h2-10,16,18,20,23H,11-13H2,1H3,(H,22,26). The average molecular weight is 413 g/mol. The Morgan fingerprint density at radius 3 is 2.45 bits per heavy atom. The molecule has 8 heteroatoms. The van der Waals surface area contributed by atoms with Gasteiger partial charge < -0.3 is 10.2 Å². The maximum absolute atomic E-state index is 12.7. The van der Waals surface area contributed by atoms with Gasteiger partial charge in [-0.1, -0.05) is 30.3 Å². The van der Waals surface area contributed by atoms with Crippen LogP contribution in [0.5, 0.6) is 0 Å². The highest BCUT2D eigenvalue weighted by molar-refractivity contribution is 7.89. The van der Waals surface area contributed by atoms with E-state index in [4.69, 9.17) is 0 Å². The lowest BCUT2D eigenvalue weighted by atomic mass is 10.0. The Hall–Kier alpha value is -2.71. The number of benzene rings is 2. The molecule has 2 bridgehead atoms. The van der Waals surface area contributed by atoms with Crippen molar-refractivity contribution < 1.29 is 18.0 Å². The maximum Gasteiger partial charge on any atom is 0.322 e. The molecule has 2 aliphatic rings. The number of carbonyl (C=O) groups is 2. The second-order valence-corrected chi connectivity index (χ2v) is 9.36. The predicted octanol–water partition coefficient (Wildman–Crippen LogP) is 2.86. The van der Waals surface area contributed by atoms with Crippen LogP contribution in [-0.2, 0) is 10.0 Å². The lowest BCUT2D eigenvalue weighted by molar-refractivity contribution is 0.101. The van der Waals surface area contributed by atoms with E-state index in [-0.39, 0.29) is 34.7 Å². The van der Waals surface area contributed by atoms with E-state index in [1.54, 1.807) is 59.5 Å². The van der Waals surface area contributed by atoms with E-state index in [2.05, 4.69) is 10.0 Å². The number of anilines is 1. The van der Waals surface area contributed by atoms with Crippen molar-refractivity contribution in [1.82, 2.24) is 9.62 Å². The molecule has 2 aromatic carbocycles. The number of ketones is 1. The zero-order valence-corrected chi connectivity index (χ0v) is 16.9. The van der Waals surface area contributed by atoms with Crippen LogP contribution in [0.2, 0.25) is 0 Å². The van der Waals surface area contributed by atoms with Crippen molar-refractivity contribution in [1.29, 1.82) is 0 Å². The van der Waals surface area contributed by atoms with E-state index in [0.29, 0.717) is 24.2 Å². The Balaban J connectivity index is 1.38. The molecule has 3 unspecified atom stereocenters. The van der Waals surface area contributed by atoms with Gasteiger partial charge >= 0.3 is 6.03 Å². The first-order valence-electron chi connectivity index (χ1n) is 9.59. The van der Waals surface area contributed by atoms with Gasteiger partial charge in [0.25, 0.3) is 0 Å². The topological polar surface area (TPSA) is 95.6 Å². The van der Waals surface area contributed by atoms with E-state index in [0.717, 1.165) is 6.42 Å². The summed E-state index contributed by atoms with van der Waals surface area (Å²) in [5.41, 5.74) is 1.12. The summed E-state index contributed by atoms with van der Waals surface area (Å²) in [4.78, 5) is 26.2. The number of hydrogen-bond acceptors (Lipinski definition) is 4. The number of hydrogen-bond donors (Lipinski definition) is 2. The first kappa shape index (κ1) is 19.6. The van der Waals surface area contributed by atoms with Crippen molar-refractivity contribution in [3.63, 3.8) is 0 Å². The van der Waals surface area contributed by atoms with Crippen molar-refractivity contribution in [2.75, 3.05) is 11.9 Å². The molecule has 4 rings (SSSR count). The van der Waals surface area contributed by atoms with Crippen molar-refractivity contribution in [3.05, 3.63) is 60.2 Å². The van der Waals surface area contributed by atoms with E-state index < -0.39 is 10.0 Å². The predicted molar refractivity (Wildman–Crippen MR) is 109 cm³/mol. The number of amides is 2. The minimum atomic E-state index is -3.57. The van der Waals surface area contributed by atoms with Crippen LogP contribution < -0.4 is 10.0 Å². The highest BCUT2D eigenvalue weighted by Crippen LogP contribution is 2.38. The van der Waals surface area contributed by atoms with Gasteiger partial charge in [0.05, 0.1) is 4.90 Å². The van der Waals surface area contributed by atoms with Crippen LogP contribution in [0.4, 0.5) is 10.5 Å². The molecular weight excluding hydrogens is 390 g/mol. The van der Waals surface area contributed by atoms with Crippen molar-refractivity contribution >= 4 is 27.5 Å². The summed E-state index contributed by atoms with van der Waals surface area (Å²) >= 11 is 0. The molecule has 0 spiro atoms. The van der Waals surface area contributed by atoms with Crippen molar-refractivity contribution in [2.24, 2.45) is 5.92 Å². The van der Waals surface area contributed by atoms with Crippen molar-refractivity contribution in [3.8, 4) is 0 Å². The van der Waals surface area contributed by atoms with Gasteiger partial charge in [0.1, 0.15) is 0 Å². The molecule has 2 aromatic rings. The third-order valence-electron chi connectivity index (χ3n) is 5.68. The van der Waals surface area contributed by atoms with Crippen LogP contribution >= 0.6 is 0 Å². The molecule has 0 radical (unpaired) electrons. The Labute approximate surface area is 170 Å². The van der Waals surface area contributed by atoms with Gasteiger partial charge in [-0.05, 0) is 49.9 Å². The van der Waals surface area contributed by atoms with Gasteiger partial charge in [0, 0.05) is 29.9 Å². The number of nitrogens with zero attached hydrogens (tertiary/aromatic N) is 1. The smallest absolute Gasteiger partial charge is 0.321 e. The third kappa shape index (κ3) is 4.04. The Morgan fingerprint density at radius 1 is 1.03 bits per heavy atom. The second-order valence-electron chi connectivity index (χ2n) is 7.65. The molecule has 3 atom stereocenters. The van der Waals surface area contributed by atoms with Crippen LogP contribution in [0.15, 0.2) is 59.5 Å². The summed E-state index contributed by atoms with van der Waals surface area (Å²) in [6.07, 6.45) is 1.38. The highest BCUT2D eigenvalue weighted by Gasteiger charge is 2.47. The van der Waals surface area contributed by atoms with Gasteiger partial charge in [-0.2, -0.15) is 0 Å². The summed E-state index contributed by atoms with van der Waals surface area (Å²) in [6.45, 7) is 1.99. The van der Waals surface area contributed by atoms with Crippen molar-refractivity contribution in [2.45, 2.75) is 36.7 Å². The number of likely N-dealkylation sites (tertiary alicyclic amines) is 1. The number of rotatable bonds is 5. The Morgan fingerprint density at radius 2 is 1.79 bits per heavy atom. The highest BCUT2D eigenvalue weighted by atomic mass is 32.2. The molecule has 1 aliphatic heterocycles. The largest absolute Gasteiger partial charge is 0.322 e. The quantitative estimate of drug-likeness (QED) is 0.737. The Bertz CT molecular complexity index is 1040. The molecule has 152 valence electrons. The fourth-order valence-corrected chi connectivity index (χ4v) is 5.56. The zero-order valence-electron chi connectivity index (χ0n) is 16.0. The maximum atomic E-state index is 12.7. The van der Waals surface area contributed by atoms with Gasteiger partial charge in [-0.15, -0.1) is 0 Å². The molecule has 29 heavy (non-hydrogen) atoms. The summed E-state index contributed by atoms with van der Waals surface area (Å²) in [7, 11) is -3.57. The Kier molecular flexibility index (Phi) is 5.14. The SMILES string of the molecule is CC(=O)c1cccc(NC(=O)N2CC3CC2CC3NS(=O)(=O)c2ccccc2)c1. The van der Waals surface area contributed by atoms with E-state index in [1.165, 1.54) is 6.92 Å². The van der Waals surface area contributed by atoms with E-state index >= 15 is 0 Å². The molecule has 1 saturated heterocycles. The number of sulfonamides is 1. The summed E-state index contributed by atoms with van der Waals surface area (Å²) in [5.74, 6) is 0.0302. The molecule has 7 nitrogen and oxygen atoms in total. The number of nitrogens with one attached hydrogen (secondary N) is 2. The zero-order chi connectivity index (χ0) is 20.6. The van der Waals surface area contributed by atoms with Crippen LogP contribution in [0.1, 0.15) is 30.1 Å². The average Bonchev–Trinajstić information content (AvgIpc) is 3.29. The molecule has 2 N–H and O–H groups in total. The summed E-state index contributed by atoms with van der Waals surface area (Å²) in [5, 5.41) is 2.85. The van der Waals surface area contributed by atoms with Crippen LogP contribution in [0.3, 0.4) is 0 Å². The normalized spacial score (nSPS) is 23.2.